The van der Waals surface area contributed by atoms with E-state index in [1.54, 1.807) is 30.3 Å². The highest BCUT2D eigenvalue weighted by Crippen LogP contribution is 2.28. The van der Waals surface area contributed by atoms with Crippen molar-refractivity contribution in [3.8, 4) is 11.5 Å². The first-order valence-corrected chi connectivity index (χ1v) is 9.42. The molecule has 26 heavy (non-hydrogen) atoms. The van der Waals surface area contributed by atoms with Gasteiger partial charge < -0.3 is 9.47 Å². The molecule has 10 heteroatoms. The van der Waals surface area contributed by atoms with Crippen LogP contribution in [0.5, 0.6) is 11.5 Å². The van der Waals surface area contributed by atoms with E-state index in [1.165, 1.54) is 6.07 Å². The largest absolute Gasteiger partial charge is 0.483 e. The lowest BCUT2D eigenvalue weighted by Gasteiger charge is -2.11. The molecule has 0 aromatic heterocycles. The van der Waals surface area contributed by atoms with Gasteiger partial charge >= 0.3 is 0 Å². The number of hydrogen-bond donors (Lipinski definition) is 2. The van der Waals surface area contributed by atoms with E-state index in [2.05, 4.69) is 42.7 Å². The van der Waals surface area contributed by atoms with Crippen molar-refractivity contribution in [2.45, 2.75) is 0 Å². The molecule has 0 aliphatic carbocycles. The minimum absolute atomic E-state index is 0.268. The van der Waals surface area contributed by atoms with Crippen molar-refractivity contribution in [1.82, 2.24) is 10.9 Å². The number of nitrogens with one attached hydrogen (secondary N) is 2. The van der Waals surface area contributed by atoms with Gasteiger partial charge in [0.1, 0.15) is 11.5 Å². The Morgan fingerprint density at radius 1 is 0.885 bits per heavy atom. The summed E-state index contributed by atoms with van der Waals surface area (Å²) in [5.74, 6) is -0.342. The van der Waals surface area contributed by atoms with Crippen molar-refractivity contribution in [3.05, 3.63) is 55.4 Å². The lowest BCUT2D eigenvalue weighted by Crippen LogP contribution is -2.45. The molecular formula is C16H12Br2Cl2N2O4. The van der Waals surface area contributed by atoms with Crippen LogP contribution < -0.4 is 20.3 Å². The number of rotatable bonds is 6. The number of halogens is 4. The average Bonchev–Trinajstić information content (AvgIpc) is 2.60. The van der Waals surface area contributed by atoms with Gasteiger partial charge in [0.05, 0.1) is 9.50 Å². The van der Waals surface area contributed by atoms with Crippen LogP contribution in [0.25, 0.3) is 0 Å². The number of hydrogen-bond acceptors (Lipinski definition) is 4. The minimum atomic E-state index is -0.570. The Morgan fingerprint density at radius 2 is 1.50 bits per heavy atom. The van der Waals surface area contributed by atoms with E-state index in [0.29, 0.717) is 20.3 Å². The molecule has 0 aliphatic heterocycles. The minimum Gasteiger partial charge on any atom is -0.483 e. The summed E-state index contributed by atoms with van der Waals surface area (Å²) >= 11 is 18.4. The van der Waals surface area contributed by atoms with Gasteiger partial charge in [-0.05, 0) is 46.3 Å². The zero-order valence-electron chi connectivity index (χ0n) is 13.0. The van der Waals surface area contributed by atoms with Gasteiger partial charge in [0.25, 0.3) is 11.8 Å². The van der Waals surface area contributed by atoms with Crippen molar-refractivity contribution < 1.29 is 19.1 Å². The van der Waals surface area contributed by atoms with Crippen LogP contribution in [0.15, 0.2) is 45.3 Å². The Bertz CT molecular complexity index is 821. The maximum atomic E-state index is 11.7. The smallest absolute Gasteiger partial charge is 0.276 e. The summed E-state index contributed by atoms with van der Waals surface area (Å²) < 4.78 is 12.2. The summed E-state index contributed by atoms with van der Waals surface area (Å²) in [4.78, 5) is 23.4. The molecule has 0 fully saturated rings. The van der Waals surface area contributed by atoms with Gasteiger partial charge in [-0.2, -0.15) is 0 Å². The van der Waals surface area contributed by atoms with Crippen molar-refractivity contribution in [3.63, 3.8) is 0 Å². The SMILES string of the molecule is O=C(COc1cc(Cl)ccc1Cl)NNC(=O)COc1ccc(Br)cc1Br. The molecule has 2 N–H and O–H groups in total. The fourth-order valence-electron chi connectivity index (χ4n) is 1.68. The average molecular weight is 527 g/mol. The third-order valence-corrected chi connectivity index (χ3v) is 4.51. The molecule has 0 saturated carbocycles. The second-order valence-corrected chi connectivity index (χ2v) is 7.44. The van der Waals surface area contributed by atoms with Crippen LogP contribution >= 0.6 is 55.1 Å². The van der Waals surface area contributed by atoms with Crippen LogP contribution in [0.3, 0.4) is 0 Å². The Balaban J connectivity index is 1.73. The van der Waals surface area contributed by atoms with Crippen molar-refractivity contribution >= 4 is 66.9 Å². The molecule has 0 saturated heterocycles. The van der Waals surface area contributed by atoms with E-state index >= 15 is 0 Å². The topological polar surface area (TPSA) is 76.7 Å². The van der Waals surface area contributed by atoms with Gasteiger partial charge in [0.2, 0.25) is 0 Å². The maximum absolute atomic E-state index is 11.7. The third kappa shape index (κ3) is 6.68. The van der Waals surface area contributed by atoms with E-state index in [1.807, 2.05) is 0 Å². The van der Waals surface area contributed by atoms with Gasteiger partial charge in [-0.15, -0.1) is 0 Å². The van der Waals surface area contributed by atoms with Gasteiger partial charge in [0.15, 0.2) is 13.2 Å². The molecule has 0 bridgehead atoms. The van der Waals surface area contributed by atoms with Crippen LogP contribution in [0.4, 0.5) is 0 Å². The Hall–Kier alpha value is -1.48. The standard InChI is InChI=1S/C16H12Br2Cl2N2O4/c17-9-1-4-13(11(18)5-9)25-7-15(23)21-22-16(24)8-26-14-6-10(19)2-3-12(14)20/h1-6H,7-8H2,(H,21,23)(H,22,24). The van der Waals surface area contributed by atoms with Crippen LogP contribution in [0, 0.1) is 0 Å². The molecule has 6 nitrogen and oxygen atoms in total. The number of hydrazine groups is 1. The van der Waals surface area contributed by atoms with Crippen molar-refractivity contribution in [2.24, 2.45) is 0 Å². The fraction of sp³-hybridized carbons (Fsp3) is 0.125. The highest BCUT2D eigenvalue weighted by Gasteiger charge is 2.09. The van der Waals surface area contributed by atoms with Crippen molar-refractivity contribution in [2.75, 3.05) is 13.2 Å². The number of ether oxygens (including phenoxy) is 2. The molecule has 0 aliphatic rings. The van der Waals surface area contributed by atoms with E-state index in [9.17, 15) is 9.59 Å². The normalized spacial score (nSPS) is 10.2. The number of benzene rings is 2. The highest BCUT2D eigenvalue weighted by molar-refractivity contribution is 9.11. The molecule has 0 heterocycles. The summed E-state index contributed by atoms with van der Waals surface area (Å²) in [5.41, 5.74) is 4.43. The first-order chi connectivity index (χ1) is 12.3. The lowest BCUT2D eigenvalue weighted by molar-refractivity contribution is -0.131. The predicted molar refractivity (Wildman–Crippen MR) is 106 cm³/mol. The fourth-order valence-corrected chi connectivity index (χ4v) is 3.17. The number of carbonyl (C=O) groups excluding carboxylic acids is 2. The monoisotopic (exact) mass is 524 g/mol. The Labute approximate surface area is 176 Å². The quantitative estimate of drug-likeness (QED) is 0.555. The molecule has 2 aromatic rings. The predicted octanol–water partition coefficient (Wildman–Crippen LogP) is 4.12. The molecule has 0 atom stereocenters. The van der Waals surface area contributed by atoms with Gasteiger partial charge in [-0.25, -0.2) is 0 Å². The maximum Gasteiger partial charge on any atom is 0.276 e. The molecule has 2 rings (SSSR count). The van der Waals surface area contributed by atoms with Crippen LogP contribution in [-0.2, 0) is 9.59 Å². The van der Waals surface area contributed by atoms with Crippen LogP contribution in [0.1, 0.15) is 0 Å². The van der Waals surface area contributed by atoms with Crippen LogP contribution in [0.2, 0.25) is 10.0 Å². The van der Waals surface area contributed by atoms with E-state index in [-0.39, 0.29) is 19.0 Å². The van der Waals surface area contributed by atoms with E-state index in [4.69, 9.17) is 32.7 Å². The molecule has 0 spiro atoms. The second kappa shape index (κ2) is 10.0. The first-order valence-electron chi connectivity index (χ1n) is 7.08. The number of amides is 2. The van der Waals surface area contributed by atoms with E-state index in [0.717, 1.165) is 4.47 Å². The zero-order valence-corrected chi connectivity index (χ0v) is 17.7. The first kappa shape index (κ1) is 20.8. The van der Waals surface area contributed by atoms with E-state index < -0.39 is 11.8 Å². The summed E-state index contributed by atoms with van der Waals surface area (Å²) in [5, 5.41) is 0.745. The molecule has 138 valence electrons. The Morgan fingerprint density at radius 3 is 2.12 bits per heavy atom. The van der Waals surface area contributed by atoms with Crippen molar-refractivity contribution in [1.29, 1.82) is 0 Å². The highest BCUT2D eigenvalue weighted by atomic mass is 79.9. The zero-order chi connectivity index (χ0) is 19.1. The second-order valence-electron chi connectivity index (χ2n) is 4.82. The molecule has 0 unspecified atom stereocenters. The molecule has 0 radical (unpaired) electrons. The van der Waals surface area contributed by atoms with Crippen LogP contribution in [-0.4, -0.2) is 25.0 Å². The summed E-state index contributed by atoms with van der Waals surface area (Å²) in [6.07, 6.45) is 0. The Kier molecular flexibility index (Phi) is 8.02. The molecular weight excluding hydrogens is 515 g/mol. The van der Waals surface area contributed by atoms with Gasteiger partial charge in [-0.3, -0.25) is 20.4 Å². The summed E-state index contributed by atoms with van der Waals surface area (Å²) in [6.45, 7) is -0.624. The third-order valence-electron chi connectivity index (χ3n) is 2.85. The molecule has 2 aromatic carbocycles. The lowest BCUT2D eigenvalue weighted by atomic mass is 10.3. The summed E-state index contributed by atoms with van der Waals surface area (Å²) in [6, 6.07) is 9.89. The van der Waals surface area contributed by atoms with Gasteiger partial charge in [-0.1, -0.05) is 39.1 Å². The number of carbonyl (C=O) groups is 2. The molecule has 2 amide bonds. The van der Waals surface area contributed by atoms with Gasteiger partial charge in [0, 0.05) is 15.6 Å². The summed E-state index contributed by atoms with van der Waals surface area (Å²) in [7, 11) is 0.